The second-order valence-corrected chi connectivity index (χ2v) is 6.93. The molecule has 0 aliphatic heterocycles. The van der Waals surface area contributed by atoms with Gasteiger partial charge in [0.15, 0.2) is 5.58 Å². The summed E-state index contributed by atoms with van der Waals surface area (Å²) in [7, 11) is 2.17. The molecule has 4 heteroatoms. The number of nitrogens with two attached hydrogens (primary N) is 1. The maximum Gasteiger partial charge on any atom is 0.209 e. The Balaban J connectivity index is 1.43. The first-order valence-corrected chi connectivity index (χ1v) is 8.01. The van der Waals surface area contributed by atoms with Crippen molar-refractivity contribution in [3.05, 3.63) is 24.1 Å². The zero-order chi connectivity index (χ0) is 14.4. The molecule has 0 spiro atoms. The van der Waals surface area contributed by atoms with Gasteiger partial charge in [-0.1, -0.05) is 12.5 Å². The van der Waals surface area contributed by atoms with Crippen molar-refractivity contribution >= 4 is 16.8 Å². The Morgan fingerprint density at radius 2 is 2.24 bits per heavy atom. The first kappa shape index (κ1) is 13.1. The maximum absolute atomic E-state index is 5.94. The topological polar surface area (TPSA) is 55.3 Å². The molecular weight excluding hydrogens is 262 g/mol. The fraction of sp³-hybridized carbons (Fsp3) is 0.588. The van der Waals surface area contributed by atoms with Gasteiger partial charge in [-0.25, -0.2) is 4.98 Å². The molecule has 0 amide bonds. The number of nitrogens with zero attached hydrogens (tertiary/aromatic N) is 2. The Morgan fingerprint density at radius 1 is 1.33 bits per heavy atom. The molecule has 2 saturated carbocycles. The first-order chi connectivity index (χ1) is 10.2. The van der Waals surface area contributed by atoms with Crippen LogP contribution >= 0.6 is 0 Å². The number of aromatic nitrogens is 1. The van der Waals surface area contributed by atoms with Gasteiger partial charge in [-0.2, -0.15) is 0 Å². The van der Waals surface area contributed by atoms with E-state index in [2.05, 4.69) is 16.9 Å². The normalized spacial score (nSPS) is 28.0. The molecule has 0 saturated heterocycles. The minimum atomic E-state index is 0.693. The largest absolute Gasteiger partial charge is 0.439 e. The minimum Gasteiger partial charge on any atom is -0.439 e. The summed E-state index contributed by atoms with van der Waals surface area (Å²) in [6.07, 6.45) is 5.81. The van der Waals surface area contributed by atoms with E-state index >= 15 is 0 Å². The van der Waals surface area contributed by atoms with Gasteiger partial charge in [0, 0.05) is 6.54 Å². The zero-order valence-electron chi connectivity index (χ0n) is 12.6. The van der Waals surface area contributed by atoms with Crippen molar-refractivity contribution in [2.75, 3.05) is 19.3 Å². The number of nitrogen functional groups attached to an aromatic ring is 1. The van der Waals surface area contributed by atoms with Crippen molar-refractivity contribution in [3.8, 4) is 0 Å². The number of fused-ring (bicyclic) bond motifs is 3. The SMILES string of the molecule is CN(Cc1nc2c(N)cccc2o1)CC1CC2CCC1C2. The maximum atomic E-state index is 5.94. The van der Waals surface area contributed by atoms with Gasteiger partial charge in [0.1, 0.15) is 5.52 Å². The Bertz CT molecular complexity index is 651. The van der Waals surface area contributed by atoms with Gasteiger partial charge in [0.2, 0.25) is 5.89 Å². The Labute approximate surface area is 125 Å². The van der Waals surface area contributed by atoms with Crippen LogP contribution in [0.25, 0.3) is 11.1 Å². The lowest BCUT2D eigenvalue weighted by molar-refractivity contribution is 0.202. The van der Waals surface area contributed by atoms with Crippen LogP contribution in [0.15, 0.2) is 22.6 Å². The van der Waals surface area contributed by atoms with E-state index in [1.165, 1.54) is 25.7 Å². The van der Waals surface area contributed by atoms with Crippen LogP contribution in [0.4, 0.5) is 5.69 Å². The lowest BCUT2D eigenvalue weighted by atomic mass is 9.88. The van der Waals surface area contributed by atoms with E-state index in [1.54, 1.807) is 0 Å². The smallest absolute Gasteiger partial charge is 0.209 e. The zero-order valence-corrected chi connectivity index (χ0v) is 12.6. The highest BCUT2D eigenvalue weighted by atomic mass is 16.3. The molecule has 1 heterocycles. The summed E-state index contributed by atoms with van der Waals surface area (Å²) in [4.78, 5) is 6.89. The van der Waals surface area contributed by atoms with Crippen molar-refractivity contribution in [1.82, 2.24) is 9.88 Å². The number of oxazole rings is 1. The van der Waals surface area contributed by atoms with Gasteiger partial charge >= 0.3 is 0 Å². The molecule has 4 rings (SSSR count). The average Bonchev–Trinajstić information content (AvgIpc) is 3.13. The first-order valence-electron chi connectivity index (χ1n) is 8.01. The molecule has 1 aromatic heterocycles. The average molecular weight is 285 g/mol. The predicted molar refractivity (Wildman–Crippen MR) is 83.7 cm³/mol. The third kappa shape index (κ3) is 2.42. The van der Waals surface area contributed by atoms with Crippen LogP contribution in [0.2, 0.25) is 0 Å². The molecule has 2 bridgehead atoms. The highest BCUT2D eigenvalue weighted by Gasteiger charge is 2.39. The van der Waals surface area contributed by atoms with Crippen LogP contribution in [0.5, 0.6) is 0 Å². The van der Waals surface area contributed by atoms with E-state index in [0.29, 0.717) is 5.69 Å². The van der Waals surface area contributed by atoms with E-state index < -0.39 is 0 Å². The van der Waals surface area contributed by atoms with Crippen LogP contribution in [0.3, 0.4) is 0 Å². The number of benzene rings is 1. The number of rotatable bonds is 4. The third-order valence-electron chi connectivity index (χ3n) is 5.33. The molecule has 1 aromatic carbocycles. The molecular formula is C17H23N3O. The Morgan fingerprint density at radius 3 is 2.95 bits per heavy atom. The van der Waals surface area contributed by atoms with Crippen molar-refractivity contribution < 1.29 is 4.42 Å². The molecule has 2 N–H and O–H groups in total. The summed E-state index contributed by atoms with van der Waals surface area (Å²) in [6, 6.07) is 5.71. The van der Waals surface area contributed by atoms with Gasteiger partial charge in [-0.3, -0.25) is 4.90 Å². The van der Waals surface area contributed by atoms with E-state index in [0.717, 1.165) is 47.8 Å². The summed E-state index contributed by atoms with van der Waals surface area (Å²) in [5.41, 5.74) is 8.21. The highest BCUT2D eigenvalue weighted by molar-refractivity contribution is 5.85. The number of hydrogen-bond acceptors (Lipinski definition) is 4. The van der Waals surface area contributed by atoms with Gasteiger partial charge in [0.05, 0.1) is 12.2 Å². The molecule has 112 valence electrons. The molecule has 2 aliphatic carbocycles. The van der Waals surface area contributed by atoms with Crippen LogP contribution in [-0.2, 0) is 6.54 Å². The predicted octanol–water partition coefficient (Wildman–Crippen LogP) is 3.28. The van der Waals surface area contributed by atoms with Gasteiger partial charge in [-0.15, -0.1) is 0 Å². The second kappa shape index (κ2) is 5.02. The fourth-order valence-corrected chi connectivity index (χ4v) is 4.38. The summed E-state index contributed by atoms with van der Waals surface area (Å²) in [5.74, 6) is 3.63. The quantitative estimate of drug-likeness (QED) is 0.876. The fourth-order valence-electron chi connectivity index (χ4n) is 4.38. The molecule has 21 heavy (non-hydrogen) atoms. The molecule has 2 aliphatic rings. The standard InChI is InChI=1S/C17H23N3O/c1-20(9-13-8-11-5-6-12(13)7-11)10-16-19-17-14(18)3-2-4-15(17)21-16/h2-4,11-13H,5-10,18H2,1H3. The number of para-hydroxylation sites is 1. The van der Waals surface area contributed by atoms with Crippen LogP contribution in [0, 0.1) is 17.8 Å². The summed E-state index contributed by atoms with van der Waals surface area (Å²) < 4.78 is 5.81. The van der Waals surface area contributed by atoms with Crippen molar-refractivity contribution in [2.45, 2.75) is 32.2 Å². The summed E-state index contributed by atoms with van der Waals surface area (Å²) >= 11 is 0. The minimum absolute atomic E-state index is 0.693. The number of anilines is 1. The lowest BCUT2D eigenvalue weighted by Gasteiger charge is -2.26. The third-order valence-corrected chi connectivity index (χ3v) is 5.33. The van der Waals surface area contributed by atoms with E-state index in [1.807, 2.05) is 18.2 Å². The van der Waals surface area contributed by atoms with Crippen molar-refractivity contribution in [2.24, 2.45) is 17.8 Å². The van der Waals surface area contributed by atoms with Crippen LogP contribution in [0.1, 0.15) is 31.6 Å². The molecule has 2 fully saturated rings. The van der Waals surface area contributed by atoms with E-state index in [4.69, 9.17) is 10.2 Å². The molecule has 0 radical (unpaired) electrons. The van der Waals surface area contributed by atoms with E-state index in [9.17, 15) is 0 Å². The van der Waals surface area contributed by atoms with E-state index in [-0.39, 0.29) is 0 Å². The molecule has 4 nitrogen and oxygen atoms in total. The Hall–Kier alpha value is -1.55. The monoisotopic (exact) mass is 285 g/mol. The van der Waals surface area contributed by atoms with Gasteiger partial charge in [0.25, 0.3) is 0 Å². The molecule has 3 unspecified atom stereocenters. The second-order valence-electron chi connectivity index (χ2n) is 6.93. The highest BCUT2D eigenvalue weighted by Crippen LogP contribution is 2.48. The van der Waals surface area contributed by atoms with Crippen LogP contribution in [-0.4, -0.2) is 23.5 Å². The summed E-state index contributed by atoms with van der Waals surface area (Å²) in [5, 5.41) is 0. The van der Waals surface area contributed by atoms with Crippen molar-refractivity contribution in [1.29, 1.82) is 0 Å². The van der Waals surface area contributed by atoms with Gasteiger partial charge < -0.3 is 10.2 Å². The Kier molecular flexibility index (Phi) is 3.14. The van der Waals surface area contributed by atoms with Crippen LogP contribution < -0.4 is 5.73 Å². The lowest BCUT2D eigenvalue weighted by Crippen LogP contribution is -2.28. The number of hydrogen-bond donors (Lipinski definition) is 1. The molecule has 3 atom stereocenters. The van der Waals surface area contributed by atoms with Crippen molar-refractivity contribution in [3.63, 3.8) is 0 Å². The van der Waals surface area contributed by atoms with Gasteiger partial charge in [-0.05, 0) is 56.2 Å². The summed E-state index contributed by atoms with van der Waals surface area (Å²) in [6.45, 7) is 1.93. The molecule has 2 aromatic rings.